The van der Waals surface area contributed by atoms with Crippen LogP contribution in [0.3, 0.4) is 0 Å². The summed E-state index contributed by atoms with van der Waals surface area (Å²) in [6, 6.07) is 13.4. The molecular formula is C14H13FN2O. The summed E-state index contributed by atoms with van der Waals surface area (Å²) in [6.45, 7) is 0. The van der Waals surface area contributed by atoms with Crippen LogP contribution in [0.5, 0.6) is 0 Å². The van der Waals surface area contributed by atoms with E-state index in [1.807, 2.05) is 30.3 Å². The Morgan fingerprint density at radius 1 is 1.17 bits per heavy atom. The summed E-state index contributed by atoms with van der Waals surface area (Å²) in [5.74, 6) is -0.790. The van der Waals surface area contributed by atoms with Crippen LogP contribution in [0.25, 0.3) is 0 Å². The molecule has 3 nitrogen and oxygen atoms in total. The average Bonchev–Trinajstić information content (AvgIpc) is 2.34. The van der Waals surface area contributed by atoms with E-state index >= 15 is 0 Å². The minimum absolute atomic E-state index is 0.144. The smallest absolute Gasteiger partial charge is 0.228 e. The third-order valence-corrected chi connectivity index (χ3v) is 2.47. The number of benzene rings is 2. The lowest BCUT2D eigenvalue weighted by molar-refractivity contribution is -0.115. The van der Waals surface area contributed by atoms with Crippen LogP contribution in [-0.4, -0.2) is 5.91 Å². The van der Waals surface area contributed by atoms with Gasteiger partial charge in [-0.15, -0.1) is 0 Å². The number of nitrogen functional groups attached to an aromatic ring is 1. The van der Waals surface area contributed by atoms with Gasteiger partial charge in [-0.05, 0) is 23.8 Å². The van der Waals surface area contributed by atoms with Crippen molar-refractivity contribution in [1.82, 2.24) is 0 Å². The first-order valence-corrected chi connectivity index (χ1v) is 5.54. The van der Waals surface area contributed by atoms with Crippen LogP contribution in [0.15, 0.2) is 48.5 Å². The second-order valence-corrected chi connectivity index (χ2v) is 3.95. The van der Waals surface area contributed by atoms with Crippen molar-refractivity contribution >= 4 is 17.3 Å². The quantitative estimate of drug-likeness (QED) is 0.815. The first-order valence-electron chi connectivity index (χ1n) is 5.54. The molecule has 0 aliphatic heterocycles. The zero-order valence-corrected chi connectivity index (χ0v) is 9.69. The Morgan fingerprint density at radius 2 is 1.89 bits per heavy atom. The first-order chi connectivity index (χ1) is 8.65. The van der Waals surface area contributed by atoms with Gasteiger partial charge in [0.05, 0.1) is 12.1 Å². The van der Waals surface area contributed by atoms with Crippen molar-refractivity contribution in [2.45, 2.75) is 6.42 Å². The second kappa shape index (κ2) is 5.31. The predicted octanol–water partition coefficient (Wildman–Crippen LogP) is 2.59. The number of nitrogens with two attached hydrogens (primary N) is 1. The van der Waals surface area contributed by atoms with E-state index in [-0.39, 0.29) is 18.0 Å². The van der Waals surface area contributed by atoms with Crippen LogP contribution in [0.4, 0.5) is 15.8 Å². The molecule has 92 valence electrons. The third-order valence-electron chi connectivity index (χ3n) is 2.47. The number of carbonyl (C=O) groups excluding carboxylic acids is 1. The van der Waals surface area contributed by atoms with Crippen LogP contribution < -0.4 is 11.1 Å². The molecule has 18 heavy (non-hydrogen) atoms. The monoisotopic (exact) mass is 244 g/mol. The zero-order valence-electron chi connectivity index (χ0n) is 9.69. The lowest BCUT2D eigenvalue weighted by atomic mass is 10.1. The van der Waals surface area contributed by atoms with Gasteiger partial charge in [0.2, 0.25) is 5.91 Å². The van der Waals surface area contributed by atoms with E-state index in [4.69, 9.17) is 5.73 Å². The lowest BCUT2D eigenvalue weighted by Gasteiger charge is -2.07. The number of hydrogen-bond acceptors (Lipinski definition) is 2. The standard InChI is InChI=1S/C14H13FN2O/c15-12-9-11(16)6-7-13(12)17-14(18)8-10-4-2-1-3-5-10/h1-7,9H,8,16H2,(H,17,18). The number of nitrogens with one attached hydrogen (secondary N) is 1. The van der Waals surface area contributed by atoms with Gasteiger partial charge >= 0.3 is 0 Å². The van der Waals surface area contributed by atoms with Crippen molar-refractivity contribution in [3.05, 3.63) is 59.9 Å². The molecule has 0 aliphatic carbocycles. The Hall–Kier alpha value is -2.36. The number of rotatable bonds is 3. The Kier molecular flexibility index (Phi) is 3.57. The highest BCUT2D eigenvalue weighted by atomic mass is 19.1. The molecule has 0 spiro atoms. The molecule has 2 aromatic carbocycles. The Bertz CT molecular complexity index is 555. The van der Waals surface area contributed by atoms with Crippen LogP contribution in [0, 0.1) is 5.82 Å². The van der Waals surface area contributed by atoms with E-state index in [0.29, 0.717) is 5.69 Å². The normalized spacial score (nSPS) is 10.1. The van der Waals surface area contributed by atoms with Crippen molar-refractivity contribution in [3.63, 3.8) is 0 Å². The molecule has 2 aromatic rings. The summed E-state index contributed by atoms with van der Waals surface area (Å²) in [5.41, 5.74) is 6.78. The molecule has 2 rings (SSSR count). The second-order valence-electron chi connectivity index (χ2n) is 3.95. The van der Waals surface area contributed by atoms with Gasteiger partial charge in [0.15, 0.2) is 0 Å². The minimum atomic E-state index is -0.531. The SMILES string of the molecule is Nc1ccc(NC(=O)Cc2ccccc2)c(F)c1. The summed E-state index contributed by atoms with van der Waals surface area (Å²) in [6.07, 6.45) is 0.213. The molecule has 0 heterocycles. The fourth-order valence-corrected chi connectivity index (χ4v) is 1.61. The summed E-state index contributed by atoms with van der Waals surface area (Å²) in [7, 11) is 0. The molecule has 0 atom stereocenters. The van der Waals surface area contributed by atoms with Gasteiger partial charge in [0.1, 0.15) is 5.82 Å². The number of amides is 1. The summed E-state index contributed by atoms with van der Waals surface area (Å²) in [5, 5.41) is 2.52. The van der Waals surface area contributed by atoms with E-state index in [2.05, 4.69) is 5.32 Å². The van der Waals surface area contributed by atoms with Gasteiger partial charge < -0.3 is 11.1 Å². The van der Waals surface area contributed by atoms with Gasteiger partial charge in [-0.3, -0.25) is 4.79 Å². The Labute approximate surface area is 104 Å². The molecule has 0 saturated heterocycles. The molecule has 0 radical (unpaired) electrons. The average molecular weight is 244 g/mol. The van der Waals surface area contributed by atoms with Gasteiger partial charge in [-0.1, -0.05) is 30.3 Å². The summed E-state index contributed by atoms with van der Waals surface area (Å²) >= 11 is 0. The predicted molar refractivity (Wildman–Crippen MR) is 69.6 cm³/mol. The molecule has 0 saturated carbocycles. The molecular weight excluding hydrogens is 231 g/mol. The van der Waals surface area contributed by atoms with Crippen LogP contribution in [-0.2, 0) is 11.2 Å². The van der Waals surface area contributed by atoms with E-state index < -0.39 is 5.82 Å². The van der Waals surface area contributed by atoms with Crippen LogP contribution in [0.1, 0.15) is 5.56 Å². The summed E-state index contributed by atoms with van der Waals surface area (Å²) < 4.78 is 13.5. The van der Waals surface area contributed by atoms with Gasteiger partial charge in [0.25, 0.3) is 0 Å². The lowest BCUT2D eigenvalue weighted by Crippen LogP contribution is -2.15. The van der Waals surface area contributed by atoms with Gasteiger partial charge in [0, 0.05) is 5.69 Å². The summed E-state index contributed by atoms with van der Waals surface area (Å²) in [4.78, 5) is 11.7. The maximum absolute atomic E-state index is 13.5. The minimum Gasteiger partial charge on any atom is -0.399 e. The molecule has 3 N–H and O–H groups in total. The van der Waals surface area contributed by atoms with Gasteiger partial charge in [-0.2, -0.15) is 0 Å². The molecule has 0 fully saturated rings. The molecule has 0 aliphatic rings. The third kappa shape index (κ3) is 3.07. The van der Waals surface area contributed by atoms with E-state index in [9.17, 15) is 9.18 Å². The van der Waals surface area contributed by atoms with E-state index in [0.717, 1.165) is 5.56 Å². The van der Waals surface area contributed by atoms with Crippen molar-refractivity contribution in [3.8, 4) is 0 Å². The fraction of sp³-hybridized carbons (Fsp3) is 0.0714. The topological polar surface area (TPSA) is 55.1 Å². The van der Waals surface area contributed by atoms with Crippen LogP contribution in [0.2, 0.25) is 0 Å². The van der Waals surface area contributed by atoms with Crippen LogP contribution >= 0.6 is 0 Å². The highest BCUT2D eigenvalue weighted by molar-refractivity contribution is 5.92. The maximum atomic E-state index is 13.5. The highest BCUT2D eigenvalue weighted by Gasteiger charge is 2.07. The Balaban J connectivity index is 2.03. The number of anilines is 2. The van der Waals surface area contributed by atoms with E-state index in [1.54, 1.807) is 6.07 Å². The molecule has 0 unspecified atom stereocenters. The zero-order chi connectivity index (χ0) is 13.0. The molecule has 0 bridgehead atoms. The van der Waals surface area contributed by atoms with Gasteiger partial charge in [-0.25, -0.2) is 4.39 Å². The molecule has 4 heteroatoms. The maximum Gasteiger partial charge on any atom is 0.228 e. The fourth-order valence-electron chi connectivity index (χ4n) is 1.61. The largest absolute Gasteiger partial charge is 0.399 e. The van der Waals surface area contributed by atoms with Crippen molar-refractivity contribution in [1.29, 1.82) is 0 Å². The molecule has 1 amide bonds. The highest BCUT2D eigenvalue weighted by Crippen LogP contribution is 2.17. The van der Waals surface area contributed by atoms with Crippen molar-refractivity contribution in [2.75, 3.05) is 11.1 Å². The van der Waals surface area contributed by atoms with Crippen molar-refractivity contribution < 1.29 is 9.18 Å². The van der Waals surface area contributed by atoms with E-state index in [1.165, 1.54) is 12.1 Å². The Morgan fingerprint density at radius 3 is 2.56 bits per heavy atom. The van der Waals surface area contributed by atoms with Crippen molar-refractivity contribution in [2.24, 2.45) is 0 Å². The molecule has 0 aromatic heterocycles. The number of hydrogen-bond donors (Lipinski definition) is 2. The number of halogens is 1. The first kappa shape index (κ1) is 12.1. The number of carbonyl (C=O) groups is 1.